The minimum Gasteiger partial charge on any atom is -0.307 e. The Kier molecular flexibility index (Phi) is 7.73. The molecule has 10 rings (SSSR count). The number of nitriles is 1. The Morgan fingerprint density at radius 2 is 0.839 bits per heavy atom. The molecule has 0 radical (unpaired) electrons. The molecule has 0 bridgehead atoms. The molecule has 0 aliphatic rings. The molecule has 3 aromatic heterocycles. The summed E-state index contributed by atoms with van der Waals surface area (Å²) in [5.74, 6) is 0. The number of hydrogen-bond donors (Lipinski definition) is 0. The minimum absolute atomic E-state index is 0.607. The molecule has 0 aliphatic heterocycles. The van der Waals surface area contributed by atoms with Crippen molar-refractivity contribution in [3.05, 3.63) is 186 Å². The summed E-state index contributed by atoms with van der Waals surface area (Å²) >= 11 is 0. The Labute approximate surface area is 326 Å². The summed E-state index contributed by atoms with van der Waals surface area (Å²) in [6.45, 7) is 8.27. The van der Waals surface area contributed by atoms with Gasteiger partial charge in [0.05, 0.1) is 45.1 Å². The minimum atomic E-state index is 0.607. The number of aromatic nitrogens is 3. The third-order valence-corrected chi connectivity index (χ3v) is 11.2. The van der Waals surface area contributed by atoms with Crippen LogP contribution in [0.15, 0.2) is 158 Å². The lowest BCUT2D eigenvalue weighted by atomic mass is 9.97. The highest BCUT2D eigenvalue weighted by molar-refractivity contribution is 6.13. The Hall–Kier alpha value is -7.22. The quantitative estimate of drug-likeness (QED) is 0.178. The molecule has 0 fully saturated rings. The lowest BCUT2D eigenvalue weighted by Gasteiger charge is -2.20. The van der Waals surface area contributed by atoms with Crippen LogP contribution in [0, 0.1) is 39.0 Å². The fourth-order valence-corrected chi connectivity index (χ4v) is 8.57. The molecule has 0 saturated heterocycles. The molecule has 10 aromatic rings. The van der Waals surface area contributed by atoms with Crippen molar-refractivity contribution in [2.75, 3.05) is 0 Å². The van der Waals surface area contributed by atoms with E-state index in [2.05, 4.69) is 192 Å². The van der Waals surface area contributed by atoms with Crippen LogP contribution in [0.5, 0.6) is 0 Å². The standard InChI is InChI=1S/C52H38N4/c1-32-13-17-36(18-14-32)38-21-23-44-42-9-5-7-11-47(42)55(49(44)27-38)51-29-41(31-53)46(40-25-34(3)54-35(4)26-40)30-52(51)56-48-12-8-6-10-43(48)45-24-22-39(28-50(45)56)37-19-15-33(2)16-20-37/h5-30H,1-4H3. The largest absolute Gasteiger partial charge is 0.307 e. The number of para-hydroxylation sites is 2. The van der Waals surface area contributed by atoms with E-state index < -0.39 is 0 Å². The number of pyridine rings is 1. The molecule has 0 saturated carbocycles. The smallest absolute Gasteiger partial charge is 0.0998 e. The van der Waals surface area contributed by atoms with Gasteiger partial charge in [-0.15, -0.1) is 0 Å². The molecule has 7 aromatic carbocycles. The molecular weight excluding hydrogens is 681 g/mol. The molecular formula is C52H38N4. The van der Waals surface area contributed by atoms with Gasteiger partial charge in [0.1, 0.15) is 0 Å². The maximum absolute atomic E-state index is 10.9. The molecule has 266 valence electrons. The topological polar surface area (TPSA) is 46.5 Å². The lowest BCUT2D eigenvalue weighted by molar-refractivity contribution is 1.09. The second kappa shape index (κ2) is 13.0. The van der Waals surface area contributed by atoms with E-state index in [1.54, 1.807) is 0 Å². The fraction of sp³-hybridized carbons (Fsp3) is 0.0769. The summed E-state index contributed by atoms with van der Waals surface area (Å²) in [7, 11) is 0. The van der Waals surface area contributed by atoms with Crippen molar-refractivity contribution in [1.29, 1.82) is 5.26 Å². The molecule has 4 heteroatoms. The predicted octanol–water partition coefficient (Wildman–Crippen LogP) is 13.4. The lowest BCUT2D eigenvalue weighted by Crippen LogP contribution is -2.06. The van der Waals surface area contributed by atoms with Crippen LogP contribution in [0.4, 0.5) is 0 Å². The Morgan fingerprint density at radius 3 is 1.32 bits per heavy atom. The zero-order valence-corrected chi connectivity index (χ0v) is 31.8. The van der Waals surface area contributed by atoms with Crippen molar-refractivity contribution in [2.24, 2.45) is 0 Å². The van der Waals surface area contributed by atoms with E-state index in [0.29, 0.717) is 5.56 Å². The van der Waals surface area contributed by atoms with E-state index in [4.69, 9.17) is 0 Å². The number of benzene rings is 7. The molecule has 0 atom stereocenters. The van der Waals surface area contributed by atoms with Crippen LogP contribution in [0.3, 0.4) is 0 Å². The van der Waals surface area contributed by atoms with Crippen molar-refractivity contribution in [2.45, 2.75) is 27.7 Å². The zero-order valence-electron chi connectivity index (χ0n) is 31.8. The summed E-state index contributed by atoms with van der Waals surface area (Å²) in [6.07, 6.45) is 0. The molecule has 4 nitrogen and oxygen atoms in total. The third-order valence-electron chi connectivity index (χ3n) is 11.2. The van der Waals surface area contributed by atoms with Crippen LogP contribution in [0.25, 0.3) is 88.4 Å². The first-order chi connectivity index (χ1) is 27.3. The monoisotopic (exact) mass is 718 g/mol. The molecule has 3 heterocycles. The van der Waals surface area contributed by atoms with Gasteiger partial charge >= 0.3 is 0 Å². The predicted molar refractivity (Wildman–Crippen MR) is 233 cm³/mol. The van der Waals surface area contributed by atoms with E-state index in [-0.39, 0.29) is 0 Å². The van der Waals surface area contributed by atoms with E-state index in [9.17, 15) is 5.26 Å². The van der Waals surface area contributed by atoms with Crippen molar-refractivity contribution in [1.82, 2.24) is 14.1 Å². The van der Waals surface area contributed by atoms with E-state index in [1.807, 2.05) is 13.8 Å². The Balaban J connectivity index is 1.36. The number of nitrogens with zero attached hydrogens (tertiary/aromatic N) is 4. The van der Waals surface area contributed by atoms with Crippen molar-refractivity contribution >= 4 is 43.6 Å². The van der Waals surface area contributed by atoms with Gasteiger partial charge in [0.15, 0.2) is 0 Å². The molecule has 56 heavy (non-hydrogen) atoms. The van der Waals surface area contributed by atoms with Gasteiger partial charge in [0, 0.05) is 38.5 Å². The van der Waals surface area contributed by atoms with Gasteiger partial charge in [-0.25, -0.2) is 0 Å². The van der Waals surface area contributed by atoms with Crippen LogP contribution in [-0.4, -0.2) is 14.1 Å². The van der Waals surface area contributed by atoms with Gasteiger partial charge in [-0.3, -0.25) is 4.98 Å². The van der Waals surface area contributed by atoms with Gasteiger partial charge in [0.25, 0.3) is 0 Å². The highest BCUT2D eigenvalue weighted by Crippen LogP contribution is 2.42. The van der Waals surface area contributed by atoms with Crippen molar-refractivity contribution < 1.29 is 0 Å². The van der Waals surface area contributed by atoms with Crippen LogP contribution in [0.1, 0.15) is 28.1 Å². The van der Waals surface area contributed by atoms with Crippen molar-refractivity contribution in [3.63, 3.8) is 0 Å². The first-order valence-electron chi connectivity index (χ1n) is 19.1. The SMILES string of the molecule is Cc1ccc(-c2ccc3c4ccccc4n(-c4cc(C#N)c(-c5cc(C)nc(C)c5)cc4-n4c5ccccc5c5ccc(-c6ccc(C)cc6)cc54)c3c2)cc1. The Morgan fingerprint density at radius 1 is 0.411 bits per heavy atom. The van der Waals surface area contributed by atoms with Gasteiger partial charge in [-0.1, -0.05) is 120 Å². The third kappa shape index (κ3) is 5.40. The Bertz CT molecular complexity index is 3200. The normalized spacial score (nSPS) is 11.6. The van der Waals surface area contributed by atoms with Crippen LogP contribution < -0.4 is 0 Å². The van der Waals surface area contributed by atoms with E-state index >= 15 is 0 Å². The number of fused-ring (bicyclic) bond motifs is 6. The summed E-state index contributed by atoms with van der Waals surface area (Å²) < 4.78 is 4.78. The summed E-state index contributed by atoms with van der Waals surface area (Å²) in [6, 6.07) is 59.5. The van der Waals surface area contributed by atoms with Crippen LogP contribution in [0.2, 0.25) is 0 Å². The summed E-state index contributed by atoms with van der Waals surface area (Å²) in [4.78, 5) is 4.69. The number of hydrogen-bond acceptors (Lipinski definition) is 2. The highest BCUT2D eigenvalue weighted by Gasteiger charge is 2.23. The maximum atomic E-state index is 10.9. The van der Waals surface area contributed by atoms with E-state index in [0.717, 1.165) is 83.4 Å². The van der Waals surface area contributed by atoms with Gasteiger partial charge in [-0.2, -0.15) is 5.26 Å². The molecule has 0 N–H and O–H groups in total. The average molecular weight is 719 g/mol. The molecule has 0 unspecified atom stereocenters. The first kappa shape index (κ1) is 33.4. The van der Waals surface area contributed by atoms with E-state index in [1.165, 1.54) is 27.5 Å². The molecule has 0 spiro atoms. The van der Waals surface area contributed by atoms with Gasteiger partial charge in [0.2, 0.25) is 0 Å². The van der Waals surface area contributed by atoms with Crippen LogP contribution in [-0.2, 0) is 0 Å². The van der Waals surface area contributed by atoms with Crippen molar-refractivity contribution in [3.8, 4) is 50.8 Å². The first-order valence-corrected chi connectivity index (χ1v) is 19.1. The zero-order chi connectivity index (χ0) is 38.1. The average Bonchev–Trinajstić information content (AvgIpc) is 3.72. The molecule has 0 amide bonds. The second-order valence-electron chi connectivity index (χ2n) is 15.0. The number of aryl methyl sites for hydroxylation is 4. The van der Waals surface area contributed by atoms with Gasteiger partial charge < -0.3 is 9.13 Å². The van der Waals surface area contributed by atoms with Gasteiger partial charge in [-0.05, 0) is 104 Å². The molecule has 0 aliphatic carbocycles. The summed E-state index contributed by atoms with van der Waals surface area (Å²) in [5.41, 5.74) is 17.7. The van der Waals surface area contributed by atoms with Crippen LogP contribution >= 0.6 is 0 Å². The summed E-state index contributed by atoms with van der Waals surface area (Å²) in [5, 5.41) is 15.6. The number of rotatable bonds is 5. The fourth-order valence-electron chi connectivity index (χ4n) is 8.57. The highest BCUT2D eigenvalue weighted by atomic mass is 15.1. The second-order valence-corrected chi connectivity index (χ2v) is 15.0. The maximum Gasteiger partial charge on any atom is 0.0998 e.